The molecule has 0 fully saturated rings. The first-order valence-electron chi connectivity index (χ1n) is 9.93. The molecule has 0 heterocycles. The van der Waals surface area contributed by atoms with Crippen LogP contribution in [0.5, 0.6) is 0 Å². The van der Waals surface area contributed by atoms with E-state index in [1.807, 2.05) is 30.3 Å². The van der Waals surface area contributed by atoms with Crippen LogP contribution in [0.2, 0.25) is 0 Å². The van der Waals surface area contributed by atoms with Gasteiger partial charge in [-0.2, -0.15) is 0 Å². The van der Waals surface area contributed by atoms with E-state index in [0.717, 1.165) is 12.0 Å². The van der Waals surface area contributed by atoms with Crippen molar-refractivity contribution >= 4 is 17.8 Å². The average molecular weight is 410 g/mol. The molecule has 2 aromatic carbocycles. The lowest BCUT2D eigenvalue weighted by molar-refractivity contribution is -0.127. The molecule has 0 bridgehead atoms. The molecule has 0 aliphatic rings. The minimum absolute atomic E-state index is 0.0286. The number of nitrogens with zero attached hydrogens (tertiary/aromatic N) is 3. The number of carbonyl (C=O) groups is 2. The number of amides is 2. The van der Waals surface area contributed by atoms with Crippen molar-refractivity contribution in [2.24, 2.45) is 4.99 Å². The fraction of sp³-hybridized carbons (Fsp3) is 0.348. The summed E-state index contributed by atoms with van der Waals surface area (Å²) in [6.45, 7) is 1.30. The van der Waals surface area contributed by atoms with E-state index in [1.54, 1.807) is 45.2 Å². The fourth-order valence-corrected chi connectivity index (χ4v) is 2.64. The Morgan fingerprint density at radius 1 is 0.833 bits per heavy atom. The van der Waals surface area contributed by atoms with E-state index in [2.05, 4.69) is 27.8 Å². The Hall–Kier alpha value is -3.35. The predicted molar refractivity (Wildman–Crippen MR) is 120 cm³/mol. The lowest BCUT2D eigenvalue weighted by Gasteiger charge is -2.15. The van der Waals surface area contributed by atoms with Crippen molar-refractivity contribution < 1.29 is 9.59 Å². The minimum atomic E-state index is -0.0304. The highest BCUT2D eigenvalue weighted by Crippen LogP contribution is 2.07. The second-order valence-corrected chi connectivity index (χ2v) is 7.37. The maximum atomic E-state index is 12.0. The first-order chi connectivity index (χ1) is 14.4. The molecule has 0 radical (unpaired) electrons. The molecule has 0 aliphatic heterocycles. The van der Waals surface area contributed by atoms with Crippen molar-refractivity contribution in [3.63, 3.8) is 0 Å². The van der Waals surface area contributed by atoms with Gasteiger partial charge in [-0.25, -0.2) is 4.99 Å². The van der Waals surface area contributed by atoms with E-state index in [-0.39, 0.29) is 18.4 Å². The van der Waals surface area contributed by atoms with Gasteiger partial charge in [-0.1, -0.05) is 42.5 Å². The Kier molecular flexibility index (Phi) is 8.87. The molecule has 30 heavy (non-hydrogen) atoms. The first-order valence-corrected chi connectivity index (χ1v) is 9.93. The van der Waals surface area contributed by atoms with Crippen LogP contribution in [0.25, 0.3) is 0 Å². The van der Waals surface area contributed by atoms with Gasteiger partial charge in [0.15, 0.2) is 5.96 Å². The van der Waals surface area contributed by atoms with Gasteiger partial charge in [-0.15, -0.1) is 0 Å². The van der Waals surface area contributed by atoms with E-state index in [9.17, 15) is 9.59 Å². The number of guanidine groups is 1. The summed E-state index contributed by atoms with van der Waals surface area (Å²) < 4.78 is 0. The summed E-state index contributed by atoms with van der Waals surface area (Å²) in [7, 11) is 6.91. The second kappa shape index (κ2) is 11.6. The molecule has 7 nitrogen and oxygen atoms in total. The molecular formula is C23H31N5O2. The maximum absolute atomic E-state index is 12.0. The van der Waals surface area contributed by atoms with Crippen LogP contribution in [0.1, 0.15) is 21.5 Å². The van der Waals surface area contributed by atoms with Crippen LogP contribution in [0.4, 0.5) is 0 Å². The van der Waals surface area contributed by atoms with Crippen molar-refractivity contribution in [1.82, 2.24) is 20.4 Å². The molecule has 0 saturated heterocycles. The maximum Gasteiger partial charge on any atom is 0.253 e. The normalized spacial score (nSPS) is 11.0. The highest BCUT2D eigenvalue weighted by Gasteiger charge is 2.08. The summed E-state index contributed by atoms with van der Waals surface area (Å²) in [5.41, 5.74) is 2.85. The quantitative estimate of drug-likeness (QED) is 0.515. The van der Waals surface area contributed by atoms with Gasteiger partial charge in [0.05, 0.1) is 13.1 Å². The largest absolute Gasteiger partial charge is 0.356 e. The molecule has 0 aliphatic carbocycles. The molecule has 0 atom stereocenters. The molecular weight excluding hydrogens is 378 g/mol. The van der Waals surface area contributed by atoms with E-state index < -0.39 is 0 Å². The summed E-state index contributed by atoms with van der Waals surface area (Å²) in [6, 6.07) is 17.6. The molecule has 160 valence electrons. The van der Waals surface area contributed by atoms with E-state index in [1.165, 1.54) is 10.5 Å². The molecule has 2 amide bonds. The number of hydrogen-bond donors (Lipinski definition) is 2. The molecule has 2 aromatic rings. The highest BCUT2D eigenvalue weighted by atomic mass is 16.2. The van der Waals surface area contributed by atoms with Gasteiger partial charge in [-0.3, -0.25) is 9.59 Å². The van der Waals surface area contributed by atoms with Gasteiger partial charge in [0.25, 0.3) is 5.91 Å². The van der Waals surface area contributed by atoms with Crippen LogP contribution in [0.3, 0.4) is 0 Å². The van der Waals surface area contributed by atoms with Gasteiger partial charge < -0.3 is 20.4 Å². The summed E-state index contributed by atoms with van der Waals surface area (Å²) in [5.74, 6) is 0.519. The molecule has 0 aromatic heterocycles. The number of carbonyl (C=O) groups excluding carboxylic acids is 2. The Morgan fingerprint density at radius 2 is 1.50 bits per heavy atom. The average Bonchev–Trinajstić information content (AvgIpc) is 2.75. The SMILES string of the molecule is CN(C)C(=O)CNC(=NCc1ccc(C(=O)N(C)C)cc1)NCCc1ccccc1. The van der Waals surface area contributed by atoms with Crippen molar-refractivity contribution in [1.29, 1.82) is 0 Å². The third-order valence-corrected chi connectivity index (χ3v) is 4.48. The first kappa shape index (κ1) is 22.9. The van der Waals surface area contributed by atoms with Gasteiger partial charge in [0.1, 0.15) is 0 Å². The van der Waals surface area contributed by atoms with Crippen LogP contribution in [0.15, 0.2) is 59.6 Å². The molecule has 0 spiro atoms. The number of hydrogen-bond acceptors (Lipinski definition) is 3. The fourth-order valence-electron chi connectivity index (χ4n) is 2.64. The number of benzene rings is 2. The van der Waals surface area contributed by atoms with Crippen LogP contribution >= 0.6 is 0 Å². The number of nitrogens with one attached hydrogen (secondary N) is 2. The van der Waals surface area contributed by atoms with Crippen LogP contribution in [-0.2, 0) is 17.8 Å². The summed E-state index contributed by atoms with van der Waals surface area (Å²) in [6.07, 6.45) is 0.852. The zero-order valence-electron chi connectivity index (χ0n) is 18.2. The van der Waals surface area contributed by atoms with E-state index in [0.29, 0.717) is 24.6 Å². The van der Waals surface area contributed by atoms with Crippen LogP contribution < -0.4 is 10.6 Å². The highest BCUT2D eigenvalue weighted by molar-refractivity contribution is 5.93. The third kappa shape index (κ3) is 7.58. The number of aliphatic imine (C=N–C) groups is 1. The zero-order chi connectivity index (χ0) is 21.9. The van der Waals surface area contributed by atoms with Gasteiger partial charge in [0.2, 0.25) is 5.91 Å². The molecule has 2 rings (SSSR count). The van der Waals surface area contributed by atoms with E-state index in [4.69, 9.17) is 0 Å². The Morgan fingerprint density at radius 3 is 2.10 bits per heavy atom. The van der Waals surface area contributed by atoms with Gasteiger partial charge in [-0.05, 0) is 29.7 Å². The number of rotatable bonds is 8. The molecule has 0 unspecified atom stereocenters. The summed E-state index contributed by atoms with van der Waals surface area (Å²) >= 11 is 0. The summed E-state index contributed by atoms with van der Waals surface area (Å²) in [5, 5.41) is 6.37. The van der Waals surface area contributed by atoms with Gasteiger partial charge in [0, 0.05) is 40.3 Å². The lowest BCUT2D eigenvalue weighted by Crippen LogP contribution is -2.43. The van der Waals surface area contributed by atoms with Crippen molar-refractivity contribution in [3.8, 4) is 0 Å². The van der Waals surface area contributed by atoms with Crippen molar-refractivity contribution in [2.45, 2.75) is 13.0 Å². The van der Waals surface area contributed by atoms with Gasteiger partial charge >= 0.3 is 0 Å². The molecule has 2 N–H and O–H groups in total. The van der Waals surface area contributed by atoms with Crippen molar-refractivity contribution in [3.05, 3.63) is 71.3 Å². The van der Waals surface area contributed by atoms with E-state index >= 15 is 0 Å². The minimum Gasteiger partial charge on any atom is -0.356 e. The second-order valence-electron chi connectivity index (χ2n) is 7.37. The predicted octanol–water partition coefficient (Wildman–Crippen LogP) is 1.75. The topological polar surface area (TPSA) is 77.0 Å². The van der Waals surface area contributed by atoms with Crippen LogP contribution in [0, 0.1) is 0 Å². The van der Waals surface area contributed by atoms with Crippen LogP contribution in [-0.4, -0.2) is 68.9 Å². The number of likely N-dealkylation sites (N-methyl/N-ethyl adjacent to an activating group) is 1. The van der Waals surface area contributed by atoms with Crippen molar-refractivity contribution in [2.75, 3.05) is 41.3 Å². The Balaban J connectivity index is 1.99. The Bertz CT molecular complexity index is 846. The smallest absolute Gasteiger partial charge is 0.253 e. The summed E-state index contributed by atoms with van der Waals surface area (Å²) in [4.78, 5) is 31.6. The molecule has 0 saturated carbocycles. The Labute approximate surface area is 178 Å². The third-order valence-electron chi connectivity index (χ3n) is 4.48. The lowest BCUT2D eigenvalue weighted by atomic mass is 10.1. The molecule has 7 heteroatoms. The standard InChI is InChI=1S/C23H31N5O2/c1-27(2)21(29)17-26-23(24-15-14-18-8-6-5-7-9-18)25-16-19-10-12-20(13-11-19)22(30)28(3)4/h5-13H,14-17H2,1-4H3,(H2,24,25,26). The zero-order valence-corrected chi connectivity index (χ0v) is 18.2. The monoisotopic (exact) mass is 409 g/mol.